The van der Waals surface area contributed by atoms with E-state index in [9.17, 15) is 14.9 Å². The van der Waals surface area contributed by atoms with Gasteiger partial charge in [-0.05, 0) is 43.2 Å². The van der Waals surface area contributed by atoms with Gasteiger partial charge in [-0.2, -0.15) is 5.26 Å². The number of carbonyl (C=O) groups is 2. The van der Waals surface area contributed by atoms with Crippen LogP contribution in [0.3, 0.4) is 0 Å². The SMILES string of the molecule is COC(=O)c1cccc(-c2ccc(/C=C(/C#N)C(=O)N[C@H](C)c3ccccc3)o2)c1C. The van der Waals surface area contributed by atoms with Gasteiger partial charge in [0.05, 0.1) is 18.7 Å². The number of ether oxygens (including phenoxy) is 1. The van der Waals surface area contributed by atoms with E-state index in [-0.39, 0.29) is 11.6 Å². The molecule has 0 saturated carbocycles. The fourth-order valence-corrected chi connectivity index (χ4v) is 3.20. The van der Waals surface area contributed by atoms with Gasteiger partial charge >= 0.3 is 5.97 Å². The van der Waals surface area contributed by atoms with Crippen molar-refractivity contribution in [2.75, 3.05) is 7.11 Å². The highest BCUT2D eigenvalue weighted by Crippen LogP contribution is 2.28. The van der Waals surface area contributed by atoms with Gasteiger partial charge in [-0.3, -0.25) is 4.79 Å². The van der Waals surface area contributed by atoms with E-state index in [1.54, 1.807) is 31.2 Å². The Kier molecular flexibility index (Phi) is 6.68. The van der Waals surface area contributed by atoms with Crippen LogP contribution in [-0.2, 0) is 9.53 Å². The van der Waals surface area contributed by atoms with Crippen molar-refractivity contribution in [3.05, 3.63) is 88.7 Å². The smallest absolute Gasteiger partial charge is 0.338 e. The van der Waals surface area contributed by atoms with Crippen molar-refractivity contribution in [3.8, 4) is 17.4 Å². The minimum Gasteiger partial charge on any atom is -0.465 e. The normalized spacial score (nSPS) is 12.0. The number of methoxy groups -OCH3 is 1. The first-order valence-corrected chi connectivity index (χ1v) is 9.70. The molecule has 3 aromatic rings. The van der Waals surface area contributed by atoms with Gasteiger partial charge in [0.1, 0.15) is 23.2 Å². The summed E-state index contributed by atoms with van der Waals surface area (Å²) in [5.41, 5.74) is 2.76. The summed E-state index contributed by atoms with van der Waals surface area (Å²) in [6.07, 6.45) is 1.40. The molecule has 1 aromatic heterocycles. The van der Waals surface area contributed by atoms with Crippen LogP contribution in [-0.4, -0.2) is 19.0 Å². The molecule has 1 heterocycles. The number of esters is 1. The van der Waals surface area contributed by atoms with E-state index >= 15 is 0 Å². The lowest BCUT2D eigenvalue weighted by molar-refractivity contribution is -0.117. The molecule has 6 nitrogen and oxygen atoms in total. The Morgan fingerprint density at radius 1 is 1.10 bits per heavy atom. The zero-order valence-corrected chi connectivity index (χ0v) is 17.5. The number of amides is 1. The average Bonchev–Trinajstić information content (AvgIpc) is 3.25. The molecule has 1 atom stereocenters. The minimum absolute atomic E-state index is 0.0660. The lowest BCUT2D eigenvalue weighted by Crippen LogP contribution is -2.27. The molecule has 31 heavy (non-hydrogen) atoms. The summed E-state index contributed by atoms with van der Waals surface area (Å²) in [5.74, 6) is -0.0375. The Bertz CT molecular complexity index is 1170. The molecule has 0 spiro atoms. The summed E-state index contributed by atoms with van der Waals surface area (Å²) in [4.78, 5) is 24.5. The Morgan fingerprint density at radius 2 is 1.84 bits per heavy atom. The summed E-state index contributed by atoms with van der Waals surface area (Å²) in [5, 5.41) is 12.3. The monoisotopic (exact) mass is 414 g/mol. The molecule has 0 aliphatic rings. The maximum absolute atomic E-state index is 12.6. The predicted octanol–water partition coefficient (Wildman–Crippen LogP) is 4.83. The van der Waals surface area contributed by atoms with Crippen molar-refractivity contribution in [3.63, 3.8) is 0 Å². The number of furan rings is 1. The Balaban J connectivity index is 1.82. The molecule has 0 radical (unpaired) electrons. The van der Waals surface area contributed by atoms with Gasteiger partial charge in [0.25, 0.3) is 5.91 Å². The fraction of sp³-hybridized carbons (Fsp3) is 0.160. The molecule has 1 N–H and O–H groups in total. The van der Waals surface area contributed by atoms with Gasteiger partial charge in [-0.15, -0.1) is 0 Å². The first kappa shape index (κ1) is 21.6. The highest BCUT2D eigenvalue weighted by Gasteiger charge is 2.17. The number of carbonyl (C=O) groups excluding carboxylic acids is 2. The summed E-state index contributed by atoms with van der Waals surface area (Å²) in [7, 11) is 1.33. The molecule has 6 heteroatoms. The number of nitriles is 1. The zero-order chi connectivity index (χ0) is 22.4. The number of nitrogens with one attached hydrogen (secondary N) is 1. The molecule has 0 unspecified atom stereocenters. The third-order valence-corrected chi connectivity index (χ3v) is 4.93. The average molecular weight is 414 g/mol. The topological polar surface area (TPSA) is 92.3 Å². The number of hydrogen-bond acceptors (Lipinski definition) is 5. The van der Waals surface area contributed by atoms with Gasteiger partial charge < -0.3 is 14.5 Å². The molecule has 3 rings (SSSR count). The molecule has 1 amide bonds. The van der Waals surface area contributed by atoms with Crippen LogP contribution in [0.5, 0.6) is 0 Å². The quantitative estimate of drug-likeness (QED) is 0.354. The maximum atomic E-state index is 12.6. The number of nitrogens with zero attached hydrogens (tertiary/aromatic N) is 1. The van der Waals surface area contributed by atoms with Gasteiger partial charge in [-0.25, -0.2) is 4.79 Å². The Labute approximate surface area is 180 Å². The maximum Gasteiger partial charge on any atom is 0.338 e. The summed E-state index contributed by atoms with van der Waals surface area (Å²) in [6.45, 7) is 3.66. The fourth-order valence-electron chi connectivity index (χ4n) is 3.20. The summed E-state index contributed by atoms with van der Waals surface area (Å²) >= 11 is 0. The third kappa shape index (κ3) is 4.90. The number of benzene rings is 2. The van der Waals surface area contributed by atoms with Crippen LogP contribution in [0.2, 0.25) is 0 Å². The van der Waals surface area contributed by atoms with Gasteiger partial charge in [0.15, 0.2) is 0 Å². The second-order valence-electron chi connectivity index (χ2n) is 6.95. The van der Waals surface area contributed by atoms with E-state index < -0.39 is 11.9 Å². The van der Waals surface area contributed by atoms with Crippen LogP contribution in [0.4, 0.5) is 0 Å². The predicted molar refractivity (Wildman–Crippen MR) is 117 cm³/mol. The molecule has 0 aliphatic carbocycles. The number of hydrogen-bond donors (Lipinski definition) is 1. The minimum atomic E-state index is -0.485. The highest BCUT2D eigenvalue weighted by atomic mass is 16.5. The van der Waals surface area contributed by atoms with Crippen LogP contribution < -0.4 is 5.32 Å². The molecular formula is C25H22N2O4. The van der Waals surface area contributed by atoms with Crippen molar-refractivity contribution in [1.82, 2.24) is 5.32 Å². The molecule has 2 aromatic carbocycles. The van der Waals surface area contributed by atoms with Crippen molar-refractivity contribution in [2.24, 2.45) is 0 Å². The standard InChI is InChI=1S/C25H22N2O4/c1-16-21(10-7-11-22(16)25(29)30-3)23-13-12-20(31-23)14-19(15-26)24(28)27-17(2)18-8-5-4-6-9-18/h4-14,17H,1-3H3,(H,27,28)/b19-14-/t17-/m1/s1. The van der Waals surface area contributed by atoms with Gasteiger partial charge in [0, 0.05) is 11.6 Å². The Hall–Kier alpha value is -4.11. The van der Waals surface area contributed by atoms with Gasteiger partial charge in [0.2, 0.25) is 0 Å². The summed E-state index contributed by atoms with van der Waals surface area (Å²) < 4.78 is 10.6. The lowest BCUT2D eigenvalue weighted by Gasteiger charge is -2.13. The van der Waals surface area contributed by atoms with E-state index in [1.807, 2.05) is 49.4 Å². The van der Waals surface area contributed by atoms with Crippen molar-refractivity contribution >= 4 is 18.0 Å². The van der Waals surface area contributed by atoms with Crippen LogP contribution in [0.25, 0.3) is 17.4 Å². The van der Waals surface area contributed by atoms with Crippen LogP contribution in [0.1, 0.15) is 40.2 Å². The van der Waals surface area contributed by atoms with E-state index in [4.69, 9.17) is 9.15 Å². The van der Waals surface area contributed by atoms with E-state index in [1.165, 1.54) is 13.2 Å². The molecule has 156 valence electrons. The summed E-state index contributed by atoms with van der Waals surface area (Å²) in [6, 6.07) is 19.8. The van der Waals surface area contributed by atoms with E-state index in [0.717, 1.165) is 11.1 Å². The first-order chi connectivity index (χ1) is 14.9. The van der Waals surface area contributed by atoms with Crippen LogP contribution in [0.15, 0.2) is 70.7 Å². The molecule has 0 bridgehead atoms. The van der Waals surface area contributed by atoms with E-state index in [2.05, 4.69) is 5.32 Å². The first-order valence-electron chi connectivity index (χ1n) is 9.70. The van der Waals surface area contributed by atoms with Crippen molar-refractivity contribution in [2.45, 2.75) is 19.9 Å². The van der Waals surface area contributed by atoms with E-state index in [0.29, 0.717) is 22.6 Å². The Morgan fingerprint density at radius 3 is 2.52 bits per heavy atom. The molecular weight excluding hydrogens is 392 g/mol. The lowest BCUT2D eigenvalue weighted by atomic mass is 10.0. The zero-order valence-electron chi connectivity index (χ0n) is 17.5. The number of rotatable bonds is 6. The van der Waals surface area contributed by atoms with Crippen molar-refractivity contribution < 1.29 is 18.7 Å². The third-order valence-electron chi connectivity index (χ3n) is 4.93. The van der Waals surface area contributed by atoms with Gasteiger partial charge in [-0.1, -0.05) is 42.5 Å². The highest BCUT2D eigenvalue weighted by molar-refractivity contribution is 6.01. The second kappa shape index (κ2) is 9.59. The van der Waals surface area contributed by atoms with Crippen LogP contribution in [0, 0.1) is 18.3 Å². The second-order valence-corrected chi connectivity index (χ2v) is 6.95. The van der Waals surface area contributed by atoms with Crippen molar-refractivity contribution in [1.29, 1.82) is 5.26 Å². The largest absolute Gasteiger partial charge is 0.465 e. The molecule has 0 fully saturated rings. The molecule has 0 saturated heterocycles. The van der Waals surface area contributed by atoms with Crippen LogP contribution >= 0.6 is 0 Å². The molecule has 0 aliphatic heterocycles.